The van der Waals surface area contributed by atoms with Crippen molar-refractivity contribution in [1.82, 2.24) is 5.32 Å². The summed E-state index contributed by atoms with van der Waals surface area (Å²) < 4.78 is 13.3. The predicted molar refractivity (Wildman–Crippen MR) is 72.0 cm³/mol. The molecule has 0 bridgehead atoms. The SMILES string of the molecule is C=CCN(CC)c1ccc(F)cc1C(C)NC. The largest absolute Gasteiger partial charge is 0.368 e. The van der Waals surface area contributed by atoms with E-state index in [0.29, 0.717) is 0 Å². The maximum Gasteiger partial charge on any atom is 0.123 e. The lowest BCUT2D eigenvalue weighted by Crippen LogP contribution is -2.26. The second-order valence-corrected chi connectivity index (χ2v) is 4.04. The van der Waals surface area contributed by atoms with Gasteiger partial charge in [-0.15, -0.1) is 6.58 Å². The van der Waals surface area contributed by atoms with E-state index in [1.807, 2.05) is 26.1 Å². The van der Waals surface area contributed by atoms with Crippen LogP contribution in [0.25, 0.3) is 0 Å². The van der Waals surface area contributed by atoms with Gasteiger partial charge in [0.05, 0.1) is 0 Å². The van der Waals surface area contributed by atoms with Crippen LogP contribution in [0, 0.1) is 5.82 Å². The number of rotatable bonds is 6. The van der Waals surface area contributed by atoms with Gasteiger partial charge in [-0.25, -0.2) is 4.39 Å². The van der Waals surface area contributed by atoms with Crippen molar-refractivity contribution >= 4 is 5.69 Å². The minimum Gasteiger partial charge on any atom is -0.368 e. The number of benzene rings is 1. The molecule has 1 rings (SSSR count). The van der Waals surface area contributed by atoms with E-state index in [4.69, 9.17) is 0 Å². The van der Waals surface area contributed by atoms with E-state index in [9.17, 15) is 4.39 Å². The van der Waals surface area contributed by atoms with Crippen LogP contribution in [-0.2, 0) is 0 Å². The first-order chi connectivity index (χ1) is 8.13. The van der Waals surface area contributed by atoms with E-state index in [1.54, 1.807) is 6.07 Å². The lowest BCUT2D eigenvalue weighted by atomic mass is 10.0. The number of halogens is 1. The van der Waals surface area contributed by atoms with E-state index in [-0.39, 0.29) is 11.9 Å². The van der Waals surface area contributed by atoms with E-state index in [0.717, 1.165) is 24.3 Å². The van der Waals surface area contributed by atoms with Gasteiger partial charge in [-0.1, -0.05) is 6.08 Å². The molecule has 0 aliphatic carbocycles. The van der Waals surface area contributed by atoms with Crippen LogP contribution in [0.4, 0.5) is 10.1 Å². The first-order valence-electron chi connectivity index (χ1n) is 5.96. The molecule has 0 spiro atoms. The van der Waals surface area contributed by atoms with Crippen molar-refractivity contribution in [2.24, 2.45) is 0 Å². The fourth-order valence-electron chi connectivity index (χ4n) is 1.87. The molecule has 94 valence electrons. The molecule has 1 aromatic rings. The van der Waals surface area contributed by atoms with Gasteiger partial charge in [-0.05, 0) is 44.7 Å². The zero-order valence-corrected chi connectivity index (χ0v) is 10.8. The maximum absolute atomic E-state index is 13.3. The van der Waals surface area contributed by atoms with Gasteiger partial charge in [-0.2, -0.15) is 0 Å². The molecule has 3 heteroatoms. The summed E-state index contributed by atoms with van der Waals surface area (Å²) in [6, 6.07) is 5.07. The number of hydrogen-bond acceptors (Lipinski definition) is 2. The molecule has 0 aromatic heterocycles. The third kappa shape index (κ3) is 3.30. The van der Waals surface area contributed by atoms with Crippen molar-refractivity contribution in [1.29, 1.82) is 0 Å². The van der Waals surface area contributed by atoms with Crippen LogP contribution >= 0.6 is 0 Å². The minimum atomic E-state index is -0.194. The van der Waals surface area contributed by atoms with Gasteiger partial charge in [-0.3, -0.25) is 0 Å². The lowest BCUT2D eigenvalue weighted by molar-refractivity contribution is 0.607. The van der Waals surface area contributed by atoms with Crippen LogP contribution in [0.15, 0.2) is 30.9 Å². The highest BCUT2D eigenvalue weighted by molar-refractivity contribution is 5.55. The van der Waals surface area contributed by atoms with Crippen molar-refractivity contribution in [3.63, 3.8) is 0 Å². The monoisotopic (exact) mass is 236 g/mol. The maximum atomic E-state index is 13.3. The Morgan fingerprint density at radius 1 is 1.53 bits per heavy atom. The summed E-state index contributed by atoms with van der Waals surface area (Å²) in [5, 5.41) is 3.15. The van der Waals surface area contributed by atoms with Crippen molar-refractivity contribution in [2.75, 3.05) is 25.0 Å². The molecule has 1 atom stereocenters. The van der Waals surface area contributed by atoms with Gasteiger partial charge in [0.15, 0.2) is 0 Å². The first-order valence-corrected chi connectivity index (χ1v) is 5.96. The molecule has 1 N–H and O–H groups in total. The van der Waals surface area contributed by atoms with Crippen LogP contribution in [0.1, 0.15) is 25.5 Å². The topological polar surface area (TPSA) is 15.3 Å². The highest BCUT2D eigenvalue weighted by Crippen LogP contribution is 2.27. The summed E-state index contributed by atoms with van der Waals surface area (Å²) in [6.45, 7) is 9.51. The highest BCUT2D eigenvalue weighted by Gasteiger charge is 2.13. The van der Waals surface area contributed by atoms with Gasteiger partial charge in [0, 0.05) is 24.8 Å². The predicted octanol–water partition coefficient (Wildman–Crippen LogP) is 3.12. The van der Waals surface area contributed by atoms with Crippen LogP contribution in [0.3, 0.4) is 0 Å². The van der Waals surface area contributed by atoms with E-state index in [2.05, 4.69) is 23.7 Å². The van der Waals surface area contributed by atoms with Crippen LogP contribution in [0.2, 0.25) is 0 Å². The molecule has 2 nitrogen and oxygen atoms in total. The quantitative estimate of drug-likeness (QED) is 0.763. The summed E-state index contributed by atoms with van der Waals surface area (Å²) in [5.41, 5.74) is 2.05. The number of hydrogen-bond donors (Lipinski definition) is 1. The average molecular weight is 236 g/mol. The minimum absolute atomic E-state index is 0.125. The van der Waals surface area contributed by atoms with Crippen molar-refractivity contribution in [3.8, 4) is 0 Å². The van der Waals surface area contributed by atoms with Gasteiger partial charge in [0.1, 0.15) is 5.82 Å². The van der Waals surface area contributed by atoms with Gasteiger partial charge >= 0.3 is 0 Å². The van der Waals surface area contributed by atoms with E-state index < -0.39 is 0 Å². The normalized spacial score (nSPS) is 12.2. The Kier molecular flexibility index (Phi) is 5.16. The molecule has 0 saturated carbocycles. The molecule has 0 aliphatic rings. The zero-order chi connectivity index (χ0) is 12.8. The molecular weight excluding hydrogens is 215 g/mol. The number of nitrogens with zero attached hydrogens (tertiary/aromatic N) is 1. The van der Waals surface area contributed by atoms with E-state index in [1.165, 1.54) is 6.07 Å². The van der Waals surface area contributed by atoms with Crippen LogP contribution < -0.4 is 10.2 Å². The molecule has 0 saturated heterocycles. The second-order valence-electron chi connectivity index (χ2n) is 4.04. The van der Waals surface area contributed by atoms with Crippen molar-refractivity contribution in [2.45, 2.75) is 19.9 Å². The first kappa shape index (κ1) is 13.7. The zero-order valence-electron chi connectivity index (χ0n) is 10.8. The standard InChI is InChI=1S/C14H21FN2/c1-5-9-17(6-2)14-8-7-12(15)10-13(14)11(3)16-4/h5,7-8,10-11,16H,1,6,9H2,2-4H3. The Morgan fingerprint density at radius 2 is 2.24 bits per heavy atom. The second kappa shape index (κ2) is 6.40. The smallest absolute Gasteiger partial charge is 0.123 e. The average Bonchev–Trinajstić information content (AvgIpc) is 2.35. The molecule has 0 radical (unpaired) electrons. The molecule has 1 unspecified atom stereocenters. The Hall–Kier alpha value is -1.35. The third-order valence-electron chi connectivity index (χ3n) is 2.96. The van der Waals surface area contributed by atoms with E-state index >= 15 is 0 Å². The molecule has 0 amide bonds. The molecule has 0 heterocycles. The fourth-order valence-corrected chi connectivity index (χ4v) is 1.87. The summed E-state index contributed by atoms with van der Waals surface area (Å²) in [6.07, 6.45) is 1.86. The Balaban J connectivity index is 3.16. The number of likely N-dealkylation sites (N-methyl/N-ethyl adjacent to an activating group) is 1. The Labute approximate surface area is 103 Å². The van der Waals surface area contributed by atoms with Crippen LogP contribution in [0.5, 0.6) is 0 Å². The lowest BCUT2D eigenvalue weighted by Gasteiger charge is -2.26. The summed E-state index contributed by atoms with van der Waals surface area (Å²) in [5.74, 6) is -0.194. The molecule has 0 fully saturated rings. The number of anilines is 1. The molecule has 17 heavy (non-hydrogen) atoms. The molecule has 1 aromatic carbocycles. The Morgan fingerprint density at radius 3 is 2.76 bits per heavy atom. The van der Waals surface area contributed by atoms with Crippen LogP contribution in [-0.4, -0.2) is 20.1 Å². The fraction of sp³-hybridized carbons (Fsp3) is 0.429. The van der Waals surface area contributed by atoms with Gasteiger partial charge in [0.25, 0.3) is 0 Å². The van der Waals surface area contributed by atoms with Crippen molar-refractivity contribution < 1.29 is 4.39 Å². The molecule has 0 aliphatic heterocycles. The number of nitrogens with one attached hydrogen (secondary N) is 1. The molecular formula is C14H21FN2. The highest BCUT2D eigenvalue weighted by atomic mass is 19.1. The summed E-state index contributed by atoms with van der Waals surface area (Å²) in [4.78, 5) is 2.18. The summed E-state index contributed by atoms with van der Waals surface area (Å²) >= 11 is 0. The summed E-state index contributed by atoms with van der Waals surface area (Å²) in [7, 11) is 1.88. The van der Waals surface area contributed by atoms with Gasteiger partial charge in [0.2, 0.25) is 0 Å². The Bertz CT molecular complexity index is 376. The van der Waals surface area contributed by atoms with Gasteiger partial charge < -0.3 is 10.2 Å². The third-order valence-corrected chi connectivity index (χ3v) is 2.96. The van der Waals surface area contributed by atoms with Crippen molar-refractivity contribution in [3.05, 3.63) is 42.2 Å².